The van der Waals surface area contributed by atoms with Crippen LogP contribution in [-0.4, -0.2) is 37.1 Å². The molecule has 0 heterocycles. The molecule has 3 aromatic carbocycles. The standard InChI is InChI=1S/C38H51N3/c1-8-41(27-24-29(2)40-30(3)32-18-10-9-11-19-32)26-17-16-25-38(31(4)39-28-37(5,6)7)35-22-14-12-20-33(35)34-21-13-15-23-36(34)38/h9-15,18-23,29,39-40H,3-4,8,16-17,24-28H2,1-2,5-7H3. The number of unbranched alkanes of at least 4 members (excludes halogenated alkanes) is 1. The molecular weight excluding hydrogens is 498 g/mol. The van der Waals surface area contributed by atoms with E-state index in [0.717, 1.165) is 62.4 Å². The van der Waals surface area contributed by atoms with Crippen LogP contribution in [0.5, 0.6) is 0 Å². The molecule has 4 rings (SSSR count). The Balaban J connectivity index is 1.40. The quantitative estimate of drug-likeness (QED) is 0.186. The topological polar surface area (TPSA) is 27.3 Å². The van der Waals surface area contributed by atoms with E-state index in [4.69, 9.17) is 6.58 Å². The second-order valence-electron chi connectivity index (χ2n) is 13.0. The van der Waals surface area contributed by atoms with Crippen molar-refractivity contribution in [1.82, 2.24) is 15.5 Å². The van der Waals surface area contributed by atoms with Crippen LogP contribution in [0.15, 0.2) is 97.7 Å². The first-order chi connectivity index (χ1) is 19.7. The van der Waals surface area contributed by atoms with Crippen molar-refractivity contribution in [3.63, 3.8) is 0 Å². The summed E-state index contributed by atoms with van der Waals surface area (Å²) in [6.45, 7) is 24.5. The zero-order valence-electron chi connectivity index (χ0n) is 26.1. The van der Waals surface area contributed by atoms with Gasteiger partial charge in [0.2, 0.25) is 0 Å². The van der Waals surface area contributed by atoms with Gasteiger partial charge >= 0.3 is 0 Å². The fourth-order valence-corrected chi connectivity index (χ4v) is 6.22. The van der Waals surface area contributed by atoms with Crippen molar-refractivity contribution in [3.8, 4) is 11.1 Å². The number of rotatable bonds is 15. The van der Waals surface area contributed by atoms with E-state index in [2.05, 4.69) is 130 Å². The molecule has 1 atom stereocenters. The van der Waals surface area contributed by atoms with Crippen LogP contribution in [0.2, 0.25) is 0 Å². The van der Waals surface area contributed by atoms with Crippen LogP contribution < -0.4 is 10.6 Å². The first kappa shape index (κ1) is 30.7. The molecule has 1 unspecified atom stereocenters. The Kier molecular flexibility index (Phi) is 10.1. The van der Waals surface area contributed by atoms with Crippen LogP contribution in [0, 0.1) is 5.41 Å². The lowest BCUT2D eigenvalue weighted by Crippen LogP contribution is -2.38. The van der Waals surface area contributed by atoms with Gasteiger partial charge in [0.15, 0.2) is 0 Å². The van der Waals surface area contributed by atoms with Crippen molar-refractivity contribution in [1.29, 1.82) is 0 Å². The van der Waals surface area contributed by atoms with E-state index in [9.17, 15) is 0 Å². The SMILES string of the molecule is C=C(NC(C)CCN(CC)CCCCC1(C(=C)NCC(C)(C)C)c2ccccc2-c2ccccc21)c1ccccc1. The third kappa shape index (κ3) is 7.32. The van der Waals surface area contributed by atoms with Gasteiger partial charge in [-0.2, -0.15) is 0 Å². The number of hydrogen-bond acceptors (Lipinski definition) is 3. The molecule has 0 saturated heterocycles. The van der Waals surface area contributed by atoms with Crippen LogP contribution in [0.3, 0.4) is 0 Å². The average Bonchev–Trinajstić information content (AvgIpc) is 3.26. The Morgan fingerprint density at radius 3 is 2.00 bits per heavy atom. The van der Waals surface area contributed by atoms with Crippen LogP contribution >= 0.6 is 0 Å². The van der Waals surface area contributed by atoms with E-state index in [1.54, 1.807) is 0 Å². The maximum absolute atomic E-state index is 4.70. The van der Waals surface area contributed by atoms with Crippen molar-refractivity contribution >= 4 is 5.70 Å². The molecule has 3 nitrogen and oxygen atoms in total. The summed E-state index contributed by atoms with van der Waals surface area (Å²) < 4.78 is 0. The van der Waals surface area contributed by atoms with Gasteiger partial charge in [-0.05, 0) is 72.5 Å². The van der Waals surface area contributed by atoms with Gasteiger partial charge in [0, 0.05) is 30.5 Å². The smallest absolute Gasteiger partial charge is 0.0604 e. The minimum atomic E-state index is -0.203. The molecule has 0 amide bonds. The number of nitrogens with zero attached hydrogens (tertiary/aromatic N) is 1. The minimum Gasteiger partial charge on any atom is -0.387 e. The molecule has 0 spiro atoms. The fourth-order valence-electron chi connectivity index (χ4n) is 6.22. The van der Waals surface area contributed by atoms with E-state index in [-0.39, 0.29) is 10.8 Å². The van der Waals surface area contributed by atoms with Gasteiger partial charge in [-0.25, -0.2) is 0 Å². The predicted molar refractivity (Wildman–Crippen MR) is 178 cm³/mol. The lowest BCUT2D eigenvalue weighted by atomic mass is 9.71. The molecule has 2 N–H and O–H groups in total. The molecule has 0 fully saturated rings. The zero-order chi connectivity index (χ0) is 29.5. The Hall–Kier alpha value is -3.30. The summed E-state index contributed by atoms with van der Waals surface area (Å²) in [6, 6.07) is 28.7. The maximum atomic E-state index is 4.70. The predicted octanol–water partition coefficient (Wildman–Crippen LogP) is 8.63. The van der Waals surface area contributed by atoms with Gasteiger partial charge in [-0.15, -0.1) is 0 Å². The van der Waals surface area contributed by atoms with Crippen molar-refractivity contribution < 1.29 is 0 Å². The molecular formula is C38H51N3. The molecule has 218 valence electrons. The number of nitrogens with one attached hydrogen (secondary N) is 2. The number of hydrogen-bond donors (Lipinski definition) is 2. The van der Waals surface area contributed by atoms with Gasteiger partial charge in [0.1, 0.15) is 0 Å². The van der Waals surface area contributed by atoms with Crippen molar-refractivity contribution in [2.75, 3.05) is 26.2 Å². The summed E-state index contributed by atoms with van der Waals surface area (Å²) >= 11 is 0. The highest BCUT2D eigenvalue weighted by molar-refractivity contribution is 5.83. The van der Waals surface area contributed by atoms with Gasteiger partial charge in [0.05, 0.1) is 5.41 Å². The summed E-state index contributed by atoms with van der Waals surface area (Å²) in [7, 11) is 0. The molecule has 0 aliphatic heterocycles. The van der Waals surface area contributed by atoms with Gasteiger partial charge in [-0.3, -0.25) is 0 Å². The summed E-state index contributed by atoms with van der Waals surface area (Å²) in [4.78, 5) is 2.60. The van der Waals surface area contributed by atoms with E-state index in [1.165, 1.54) is 28.7 Å². The molecule has 0 saturated carbocycles. The molecule has 3 heteroatoms. The lowest BCUT2D eigenvalue weighted by molar-refractivity contribution is 0.266. The Morgan fingerprint density at radius 1 is 0.829 bits per heavy atom. The van der Waals surface area contributed by atoms with Crippen LogP contribution in [0.4, 0.5) is 0 Å². The molecule has 0 aromatic heterocycles. The van der Waals surface area contributed by atoms with Crippen molar-refractivity contribution in [3.05, 3.63) is 114 Å². The van der Waals surface area contributed by atoms with E-state index in [1.807, 2.05) is 6.07 Å². The third-order valence-electron chi connectivity index (χ3n) is 8.56. The van der Waals surface area contributed by atoms with E-state index < -0.39 is 0 Å². The van der Waals surface area contributed by atoms with Crippen LogP contribution in [-0.2, 0) is 5.41 Å². The molecule has 3 aromatic rings. The summed E-state index contributed by atoms with van der Waals surface area (Å²) in [5, 5.41) is 7.39. The molecule has 1 aliphatic carbocycles. The first-order valence-corrected chi connectivity index (χ1v) is 15.5. The van der Waals surface area contributed by atoms with Crippen molar-refractivity contribution in [2.24, 2.45) is 5.41 Å². The minimum absolute atomic E-state index is 0.183. The van der Waals surface area contributed by atoms with Gasteiger partial charge < -0.3 is 15.5 Å². The largest absolute Gasteiger partial charge is 0.387 e. The summed E-state index contributed by atoms with van der Waals surface area (Å²) in [6.07, 6.45) is 4.47. The average molecular weight is 550 g/mol. The maximum Gasteiger partial charge on any atom is 0.0604 e. The highest BCUT2D eigenvalue weighted by Gasteiger charge is 2.44. The van der Waals surface area contributed by atoms with Crippen LogP contribution in [0.1, 0.15) is 77.0 Å². The summed E-state index contributed by atoms with van der Waals surface area (Å²) in [5.74, 6) is 0. The van der Waals surface area contributed by atoms with Crippen molar-refractivity contribution in [2.45, 2.75) is 71.8 Å². The molecule has 41 heavy (non-hydrogen) atoms. The zero-order valence-corrected chi connectivity index (χ0v) is 26.1. The lowest BCUT2D eigenvalue weighted by Gasteiger charge is -2.36. The summed E-state index contributed by atoms with van der Waals surface area (Å²) in [5.41, 5.74) is 8.80. The van der Waals surface area contributed by atoms with E-state index >= 15 is 0 Å². The number of allylic oxidation sites excluding steroid dienone is 1. The van der Waals surface area contributed by atoms with Gasteiger partial charge in [-0.1, -0.05) is 126 Å². The highest BCUT2D eigenvalue weighted by Crippen LogP contribution is 2.54. The fraction of sp³-hybridized carbons (Fsp3) is 0.421. The Bertz CT molecular complexity index is 1250. The van der Waals surface area contributed by atoms with Crippen LogP contribution in [0.25, 0.3) is 16.8 Å². The Morgan fingerprint density at radius 2 is 1.41 bits per heavy atom. The second kappa shape index (κ2) is 13.6. The first-order valence-electron chi connectivity index (χ1n) is 15.5. The molecule has 0 radical (unpaired) electrons. The third-order valence-corrected chi connectivity index (χ3v) is 8.56. The van der Waals surface area contributed by atoms with Gasteiger partial charge in [0.25, 0.3) is 0 Å². The molecule has 1 aliphatic rings. The van der Waals surface area contributed by atoms with E-state index in [0.29, 0.717) is 6.04 Å². The molecule has 0 bridgehead atoms. The Labute approximate surface area is 249 Å². The number of benzene rings is 3. The highest BCUT2D eigenvalue weighted by atomic mass is 15.1. The normalized spacial score (nSPS) is 14.3. The second-order valence-corrected chi connectivity index (χ2v) is 13.0. The number of fused-ring (bicyclic) bond motifs is 3. The monoisotopic (exact) mass is 549 g/mol.